The number of anilines is 2. The summed E-state index contributed by atoms with van der Waals surface area (Å²) in [7, 11) is -1.88. The number of hydrogen-bond acceptors (Lipinski definition) is 8. The molecule has 1 fully saturated rings. The number of nitrogens with one attached hydrogen (secondary N) is 1. The van der Waals surface area contributed by atoms with Crippen LogP contribution in [0.3, 0.4) is 0 Å². The van der Waals surface area contributed by atoms with Gasteiger partial charge in [0.1, 0.15) is 5.82 Å². The Morgan fingerprint density at radius 1 is 1.10 bits per heavy atom. The molecule has 0 aliphatic carbocycles. The SMILES string of the molecule is Cn1cnc(S(=O)(=O)N2CCN(c3cnc(N)c(-c4nc5ccccc5[nH]4)n3)CC2)c1.[HH].[HH]. The first kappa shape index (κ1) is 19.5. The second kappa shape index (κ2) is 7.32. The summed E-state index contributed by atoms with van der Waals surface area (Å²) in [6, 6.07) is 7.68. The minimum atomic E-state index is -3.62. The summed E-state index contributed by atoms with van der Waals surface area (Å²) in [5.41, 5.74) is 8.24. The lowest BCUT2D eigenvalue weighted by Gasteiger charge is -2.34. The molecule has 0 saturated carbocycles. The van der Waals surface area contributed by atoms with E-state index in [1.165, 1.54) is 16.8 Å². The zero-order valence-corrected chi connectivity index (χ0v) is 17.6. The van der Waals surface area contributed by atoms with E-state index in [-0.39, 0.29) is 13.7 Å². The third-order valence-electron chi connectivity index (χ3n) is 5.25. The van der Waals surface area contributed by atoms with E-state index >= 15 is 0 Å². The van der Waals surface area contributed by atoms with Crippen LogP contribution in [-0.4, -0.2) is 68.4 Å². The molecule has 11 nitrogen and oxygen atoms in total. The predicted octanol–water partition coefficient (Wildman–Crippen LogP) is 1.34. The number of aryl methyl sites for hydroxylation is 1. The van der Waals surface area contributed by atoms with Crippen LogP contribution in [0, 0.1) is 0 Å². The quantitative estimate of drug-likeness (QED) is 0.482. The van der Waals surface area contributed by atoms with Gasteiger partial charge in [-0.2, -0.15) is 4.31 Å². The number of nitrogens with zero attached hydrogens (tertiary/aromatic N) is 7. The normalized spacial score (nSPS) is 15.6. The number of rotatable bonds is 4. The van der Waals surface area contributed by atoms with Crippen molar-refractivity contribution >= 4 is 32.7 Å². The standard InChI is InChI=1S/C19H21N9O2S.2H2/c1-26-11-16(22-12-26)31(29,30)28-8-6-27(7-9-28)15-10-21-18(20)17(25-15)19-23-13-4-2-3-5-14(13)24-19;;/h2-5,10-12H,6-9H2,1H3,(H2,20,21)(H,23,24);2*1H. The molecule has 3 N–H and O–H groups in total. The Hall–Kier alpha value is -3.51. The maximum atomic E-state index is 12.8. The lowest BCUT2D eigenvalue weighted by molar-refractivity contribution is 0.382. The van der Waals surface area contributed by atoms with Crippen molar-refractivity contribution in [2.75, 3.05) is 36.8 Å². The molecule has 0 bridgehead atoms. The Kier molecular flexibility index (Phi) is 4.59. The number of benzene rings is 1. The van der Waals surface area contributed by atoms with Crippen LogP contribution < -0.4 is 10.6 Å². The zero-order chi connectivity index (χ0) is 21.6. The van der Waals surface area contributed by atoms with Gasteiger partial charge in [0, 0.05) is 42.3 Å². The van der Waals surface area contributed by atoms with Gasteiger partial charge in [-0.3, -0.25) is 0 Å². The summed E-state index contributed by atoms with van der Waals surface area (Å²) >= 11 is 0. The molecule has 4 aromatic rings. The number of nitrogen functional groups attached to an aromatic ring is 1. The van der Waals surface area contributed by atoms with E-state index in [1.807, 2.05) is 29.2 Å². The van der Waals surface area contributed by atoms with E-state index in [9.17, 15) is 8.42 Å². The van der Waals surface area contributed by atoms with E-state index < -0.39 is 10.0 Å². The molecular formula is C19H25N9O2S. The molecule has 3 aromatic heterocycles. The van der Waals surface area contributed by atoms with Gasteiger partial charge in [-0.1, -0.05) is 12.1 Å². The van der Waals surface area contributed by atoms with Gasteiger partial charge >= 0.3 is 0 Å². The molecule has 0 atom stereocenters. The topological polar surface area (TPSA) is 139 Å². The van der Waals surface area contributed by atoms with Gasteiger partial charge in [-0.05, 0) is 12.1 Å². The first-order valence-electron chi connectivity index (χ1n) is 9.72. The highest BCUT2D eigenvalue weighted by atomic mass is 32.2. The largest absolute Gasteiger partial charge is 0.382 e. The molecule has 5 rings (SSSR count). The van der Waals surface area contributed by atoms with Crippen LogP contribution in [0.2, 0.25) is 0 Å². The van der Waals surface area contributed by atoms with Gasteiger partial charge in [0.2, 0.25) is 0 Å². The maximum absolute atomic E-state index is 12.8. The molecule has 1 aliphatic rings. The Balaban J connectivity index is 0.00000153. The Bertz CT molecular complexity index is 1330. The van der Waals surface area contributed by atoms with Crippen LogP contribution in [0.15, 0.2) is 48.0 Å². The number of aromatic nitrogens is 6. The van der Waals surface area contributed by atoms with Crippen molar-refractivity contribution < 1.29 is 11.3 Å². The first-order valence-corrected chi connectivity index (χ1v) is 11.2. The smallest absolute Gasteiger partial charge is 0.262 e. The predicted molar refractivity (Wildman–Crippen MR) is 120 cm³/mol. The summed E-state index contributed by atoms with van der Waals surface area (Å²) in [6.45, 7) is 1.60. The highest BCUT2D eigenvalue weighted by molar-refractivity contribution is 7.89. The third kappa shape index (κ3) is 3.49. The highest BCUT2D eigenvalue weighted by Crippen LogP contribution is 2.26. The van der Waals surface area contributed by atoms with Gasteiger partial charge in [-0.25, -0.2) is 28.4 Å². The summed E-state index contributed by atoms with van der Waals surface area (Å²) in [5, 5.41) is 0.0582. The second-order valence-corrected chi connectivity index (χ2v) is 9.22. The first-order chi connectivity index (χ1) is 14.9. The van der Waals surface area contributed by atoms with Gasteiger partial charge < -0.3 is 20.2 Å². The van der Waals surface area contributed by atoms with E-state index in [2.05, 4.69) is 24.9 Å². The molecular weight excluding hydrogens is 418 g/mol. The molecule has 1 saturated heterocycles. The van der Waals surface area contributed by atoms with Crippen LogP contribution in [0.5, 0.6) is 0 Å². The Labute approximate surface area is 181 Å². The lowest BCUT2D eigenvalue weighted by Crippen LogP contribution is -2.49. The second-order valence-electron chi connectivity index (χ2n) is 7.33. The molecule has 164 valence electrons. The lowest BCUT2D eigenvalue weighted by atomic mass is 10.3. The van der Waals surface area contributed by atoms with Gasteiger partial charge in [0.25, 0.3) is 10.0 Å². The number of aromatic amines is 1. The number of sulfonamides is 1. The highest BCUT2D eigenvalue weighted by Gasteiger charge is 2.30. The number of hydrogen-bond donors (Lipinski definition) is 2. The van der Waals surface area contributed by atoms with Crippen molar-refractivity contribution in [3.63, 3.8) is 0 Å². The number of para-hydroxylation sites is 2. The van der Waals surface area contributed by atoms with Crippen molar-refractivity contribution in [3.8, 4) is 11.5 Å². The molecule has 12 heteroatoms. The van der Waals surface area contributed by atoms with Crippen molar-refractivity contribution in [3.05, 3.63) is 43.0 Å². The molecule has 1 aromatic carbocycles. The van der Waals surface area contributed by atoms with Crippen LogP contribution in [-0.2, 0) is 17.1 Å². The van der Waals surface area contributed by atoms with Crippen molar-refractivity contribution in [2.45, 2.75) is 5.03 Å². The Morgan fingerprint density at radius 2 is 1.87 bits per heavy atom. The van der Waals surface area contributed by atoms with E-state index in [0.29, 0.717) is 43.5 Å². The van der Waals surface area contributed by atoms with Crippen LogP contribution in [0.4, 0.5) is 11.6 Å². The molecule has 31 heavy (non-hydrogen) atoms. The summed E-state index contributed by atoms with van der Waals surface area (Å²) in [4.78, 5) is 22.7. The molecule has 0 spiro atoms. The number of nitrogens with two attached hydrogens (primary N) is 1. The van der Waals surface area contributed by atoms with Crippen molar-refractivity contribution in [1.29, 1.82) is 0 Å². The van der Waals surface area contributed by atoms with Crippen LogP contribution in [0.1, 0.15) is 2.85 Å². The van der Waals surface area contributed by atoms with Crippen LogP contribution in [0.25, 0.3) is 22.6 Å². The fourth-order valence-electron chi connectivity index (χ4n) is 3.59. The molecule has 0 unspecified atom stereocenters. The van der Waals surface area contributed by atoms with E-state index in [0.717, 1.165) is 11.0 Å². The molecule has 1 aliphatic heterocycles. The number of H-pyrrole nitrogens is 1. The number of piperazine rings is 1. The monoisotopic (exact) mass is 443 g/mol. The van der Waals surface area contributed by atoms with Gasteiger partial charge in [-0.15, -0.1) is 0 Å². The summed E-state index contributed by atoms with van der Waals surface area (Å²) in [6.07, 6.45) is 4.59. The number of fused-ring (bicyclic) bond motifs is 1. The van der Waals surface area contributed by atoms with Gasteiger partial charge in [0.15, 0.2) is 22.4 Å². The molecule has 4 heterocycles. The zero-order valence-electron chi connectivity index (χ0n) is 16.8. The van der Waals surface area contributed by atoms with E-state index in [4.69, 9.17) is 5.73 Å². The summed E-state index contributed by atoms with van der Waals surface area (Å²) < 4.78 is 28.6. The fourth-order valence-corrected chi connectivity index (χ4v) is 4.98. The fraction of sp³-hybridized carbons (Fsp3) is 0.263. The minimum Gasteiger partial charge on any atom is -0.382 e. The number of imidazole rings is 2. The summed E-state index contributed by atoms with van der Waals surface area (Å²) in [5.74, 6) is 1.45. The minimum absolute atomic E-state index is 0. The van der Waals surface area contributed by atoms with Crippen LogP contribution >= 0.6 is 0 Å². The van der Waals surface area contributed by atoms with Crippen molar-refractivity contribution in [2.24, 2.45) is 7.05 Å². The Morgan fingerprint density at radius 3 is 2.58 bits per heavy atom. The molecule has 0 amide bonds. The average Bonchev–Trinajstić information content (AvgIpc) is 3.41. The molecule has 0 radical (unpaired) electrons. The van der Waals surface area contributed by atoms with E-state index in [1.54, 1.807) is 17.8 Å². The van der Waals surface area contributed by atoms with Gasteiger partial charge in [0.05, 0.1) is 23.6 Å². The third-order valence-corrected chi connectivity index (χ3v) is 7.03. The average molecular weight is 444 g/mol. The maximum Gasteiger partial charge on any atom is 0.262 e. The van der Waals surface area contributed by atoms with Crippen molar-refractivity contribution in [1.82, 2.24) is 33.8 Å².